The maximum Gasteiger partial charge on any atom is 0.124 e. The maximum absolute atomic E-state index is 6.06. The Morgan fingerprint density at radius 2 is 1.95 bits per heavy atom. The molecular formula is C17H13ClN2S. The van der Waals surface area contributed by atoms with Gasteiger partial charge in [0.05, 0.1) is 5.69 Å². The standard InChI is InChI=1S/C17H13ClN2S/c18-13-5-6-14-12(7-13)8-15-16(14)20-17(21-15)11-3-1-10(9-19)2-4-11/h1-7H,8-9,19H2. The van der Waals surface area contributed by atoms with E-state index in [-0.39, 0.29) is 0 Å². The minimum absolute atomic E-state index is 0.572. The number of nitrogens with zero attached hydrogens (tertiary/aromatic N) is 1. The molecule has 0 radical (unpaired) electrons. The predicted octanol–water partition coefficient (Wildman–Crippen LogP) is 4.49. The summed E-state index contributed by atoms with van der Waals surface area (Å²) in [7, 11) is 0. The smallest absolute Gasteiger partial charge is 0.124 e. The van der Waals surface area contributed by atoms with Crippen molar-refractivity contribution in [2.75, 3.05) is 0 Å². The highest BCUT2D eigenvalue weighted by molar-refractivity contribution is 7.15. The second-order valence-corrected chi connectivity index (χ2v) is 6.69. The normalized spacial score (nSPS) is 12.3. The van der Waals surface area contributed by atoms with Crippen molar-refractivity contribution in [2.24, 2.45) is 5.73 Å². The molecule has 0 amide bonds. The first-order valence-electron chi connectivity index (χ1n) is 6.82. The molecule has 1 heterocycles. The predicted molar refractivity (Wildman–Crippen MR) is 88.7 cm³/mol. The van der Waals surface area contributed by atoms with Crippen LogP contribution in [0.2, 0.25) is 5.02 Å². The van der Waals surface area contributed by atoms with Gasteiger partial charge in [-0.1, -0.05) is 41.9 Å². The highest BCUT2D eigenvalue weighted by Gasteiger charge is 2.23. The minimum atomic E-state index is 0.572. The SMILES string of the molecule is NCc1ccc(-c2nc3c(s2)Cc2cc(Cl)ccc2-3)cc1. The third-order valence-corrected chi connectivity index (χ3v) is 5.15. The van der Waals surface area contributed by atoms with Gasteiger partial charge in [0.25, 0.3) is 0 Å². The van der Waals surface area contributed by atoms with Gasteiger partial charge in [0, 0.05) is 34.0 Å². The monoisotopic (exact) mass is 312 g/mol. The minimum Gasteiger partial charge on any atom is -0.326 e. The van der Waals surface area contributed by atoms with Crippen molar-refractivity contribution in [3.05, 3.63) is 63.5 Å². The lowest BCUT2D eigenvalue weighted by molar-refractivity contribution is 1.07. The van der Waals surface area contributed by atoms with E-state index in [0.717, 1.165) is 33.3 Å². The Hall–Kier alpha value is -1.68. The summed E-state index contributed by atoms with van der Waals surface area (Å²) in [5, 5.41) is 1.87. The fraction of sp³-hybridized carbons (Fsp3) is 0.118. The van der Waals surface area contributed by atoms with Crippen LogP contribution in [-0.2, 0) is 13.0 Å². The molecule has 21 heavy (non-hydrogen) atoms. The number of thiazole rings is 1. The van der Waals surface area contributed by atoms with Crippen LogP contribution in [0.5, 0.6) is 0 Å². The van der Waals surface area contributed by atoms with Crippen molar-refractivity contribution in [3.8, 4) is 21.8 Å². The van der Waals surface area contributed by atoms with Gasteiger partial charge in [-0.2, -0.15) is 0 Å². The van der Waals surface area contributed by atoms with Crippen LogP contribution in [0, 0.1) is 0 Å². The number of hydrogen-bond donors (Lipinski definition) is 1. The molecule has 1 aromatic heterocycles. The average Bonchev–Trinajstić information content (AvgIpc) is 3.04. The van der Waals surface area contributed by atoms with Crippen LogP contribution >= 0.6 is 22.9 Å². The lowest BCUT2D eigenvalue weighted by Gasteiger charge is -2.01. The van der Waals surface area contributed by atoms with E-state index in [0.29, 0.717) is 6.54 Å². The summed E-state index contributed by atoms with van der Waals surface area (Å²) in [5.74, 6) is 0. The first-order valence-corrected chi connectivity index (χ1v) is 8.02. The van der Waals surface area contributed by atoms with Crippen molar-refractivity contribution in [1.82, 2.24) is 4.98 Å². The fourth-order valence-electron chi connectivity index (χ4n) is 2.70. The van der Waals surface area contributed by atoms with E-state index >= 15 is 0 Å². The molecule has 4 rings (SSSR count). The molecule has 1 aliphatic rings. The van der Waals surface area contributed by atoms with E-state index in [4.69, 9.17) is 22.3 Å². The highest BCUT2D eigenvalue weighted by Crippen LogP contribution is 2.42. The summed E-state index contributed by atoms with van der Waals surface area (Å²) in [6.07, 6.45) is 0.934. The third-order valence-electron chi connectivity index (χ3n) is 3.81. The van der Waals surface area contributed by atoms with E-state index in [1.165, 1.54) is 16.0 Å². The van der Waals surface area contributed by atoms with Crippen LogP contribution in [0.25, 0.3) is 21.8 Å². The number of hydrogen-bond acceptors (Lipinski definition) is 3. The van der Waals surface area contributed by atoms with Crippen molar-refractivity contribution in [1.29, 1.82) is 0 Å². The summed E-state index contributed by atoms with van der Waals surface area (Å²) in [6.45, 7) is 0.572. The Morgan fingerprint density at radius 3 is 2.71 bits per heavy atom. The second-order valence-electron chi connectivity index (χ2n) is 5.17. The molecule has 4 heteroatoms. The Morgan fingerprint density at radius 1 is 1.14 bits per heavy atom. The number of nitrogens with two attached hydrogens (primary N) is 1. The Labute approximate surface area is 132 Å². The van der Waals surface area contributed by atoms with Gasteiger partial charge in [0.2, 0.25) is 0 Å². The van der Waals surface area contributed by atoms with Crippen LogP contribution in [0.4, 0.5) is 0 Å². The number of rotatable bonds is 2. The van der Waals surface area contributed by atoms with Crippen molar-refractivity contribution >= 4 is 22.9 Å². The first-order chi connectivity index (χ1) is 10.2. The zero-order valence-electron chi connectivity index (χ0n) is 11.3. The van der Waals surface area contributed by atoms with Crippen molar-refractivity contribution in [2.45, 2.75) is 13.0 Å². The van der Waals surface area contributed by atoms with Crippen molar-refractivity contribution < 1.29 is 0 Å². The quantitative estimate of drug-likeness (QED) is 0.592. The molecule has 1 aliphatic carbocycles. The van der Waals surface area contributed by atoms with E-state index in [1.54, 1.807) is 11.3 Å². The lowest BCUT2D eigenvalue weighted by Crippen LogP contribution is -1.95. The molecule has 0 spiro atoms. The van der Waals surface area contributed by atoms with Gasteiger partial charge < -0.3 is 5.73 Å². The van der Waals surface area contributed by atoms with Crippen molar-refractivity contribution in [3.63, 3.8) is 0 Å². The fourth-order valence-corrected chi connectivity index (χ4v) is 4.00. The lowest BCUT2D eigenvalue weighted by atomic mass is 10.1. The molecule has 0 atom stereocenters. The van der Waals surface area contributed by atoms with Crippen LogP contribution in [0.15, 0.2) is 42.5 Å². The summed E-state index contributed by atoms with van der Waals surface area (Å²) in [5.41, 5.74) is 11.5. The van der Waals surface area contributed by atoms with Gasteiger partial charge >= 0.3 is 0 Å². The Kier molecular flexibility index (Phi) is 3.07. The van der Waals surface area contributed by atoms with Gasteiger partial charge in [-0.3, -0.25) is 0 Å². The Bertz CT molecular complexity index is 821. The third kappa shape index (κ3) is 2.18. The summed E-state index contributed by atoms with van der Waals surface area (Å²) in [4.78, 5) is 6.16. The number of benzene rings is 2. The molecule has 0 saturated carbocycles. The van der Waals surface area contributed by atoms with Crippen LogP contribution < -0.4 is 5.73 Å². The van der Waals surface area contributed by atoms with E-state index in [9.17, 15) is 0 Å². The summed E-state index contributed by atoms with van der Waals surface area (Å²) in [6, 6.07) is 14.4. The topological polar surface area (TPSA) is 38.9 Å². The zero-order chi connectivity index (χ0) is 14.4. The largest absolute Gasteiger partial charge is 0.326 e. The second kappa shape index (κ2) is 4.95. The van der Waals surface area contributed by atoms with Crippen LogP contribution in [-0.4, -0.2) is 4.98 Å². The molecule has 2 N–H and O–H groups in total. The average molecular weight is 313 g/mol. The molecule has 2 nitrogen and oxygen atoms in total. The molecule has 0 fully saturated rings. The van der Waals surface area contributed by atoms with Gasteiger partial charge in [-0.15, -0.1) is 11.3 Å². The van der Waals surface area contributed by atoms with E-state index < -0.39 is 0 Å². The molecule has 0 bridgehead atoms. The number of aromatic nitrogens is 1. The molecule has 3 aromatic rings. The summed E-state index contributed by atoms with van der Waals surface area (Å²) < 4.78 is 0. The van der Waals surface area contributed by atoms with Crippen LogP contribution in [0.3, 0.4) is 0 Å². The molecule has 0 aliphatic heterocycles. The van der Waals surface area contributed by atoms with E-state index in [2.05, 4.69) is 30.3 Å². The number of fused-ring (bicyclic) bond motifs is 3. The summed E-state index contributed by atoms with van der Waals surface area (Å²) >= 11 is 7.83. The van der Waals surface area contributed by atoms with Crippen LogP contribution in [0.1, 0.15) is 16.0 Å². The number of halogens is 1. The molecule has 2 aromatic carbocycles. The molecule has 0 unspecified atom stereocenters. The highest BCUT2D eigenvalue weighted by atomic mass is 35.5. The van der Waals surface area contributed by atoms with Gasteiger partial charge in [-0.05, 0) is 23.3 Å². The Balaban J connectivity index is 1.75. The molecule has 104 valence electrons. The first kappa shape index (κ1) is 13.0. The van der Waals surface area contributed by atoms with Gasteiger partial charge in [0.15, 0.2) is 0 Å². The molecule has 0 saturated heterocycles. The van der Waals surface area contributed by atoms with Gasteiger partial charge in [-0.25, -0.2) is 4.98 Å². The zero-order valence-corrected chi connectivity index (χ0v) is 12.8. The molecular weight excluding hydrogens is 300 g/mol. The van der Waals surface area contributed by atoms with Gasteiger partial charge in [0.1, 0.15) is 5.01 Å². The maximum atomic E-state index is 6.06. The van der Waals surface area contributed by atoms with E-state index in [1.807, 2.05) is 12.1 Å².